The van der Waals surface area contributed by atoms with Crippen molar-refractivity contribution in [3.05, 3.63) is 34.3 Å². The Hall–Kier alpha value is -1.24. The number of alkyl halides is 1. The van der Waals surface area contributed by atoms with E-state index < -0.39 is 11.3 Å². The number of nitriles is 1. The number of benzene rings is 1. The van der Waals surface area contributed by atoms with Crippen LogP contribution in [0.4, 0.5) is 0 Å². The molecule has 0 aliphatic heterocycles. The highest BCUT2D eigenvalue weighted by atomic mass is 35.5. The molecule has 1 rings (SSSR count). The number of nitrogens with zero attached hydrogens (tertiary/aromatic N) is 1. The molecule has 5 heteroatoms. The van der Waals surface area contributed by atoms with Crippen LogP contribution < -0.4 is 0 Å². The minimum Gasteiger partial charge on any atom is -0.480 e. The highest BCUT2D eigenvalue weighted by molar-refractivity contribution is 6.32. The molecule has 1 atom stereocenters. The van der Waals surface area contributed by atoms with Crippen molar-refractivity contribution in [1.29, 1.82) is 5.26 Å². The molecule has 0 aliphatic rings. The lowest BCUT2D eigenvalue weighted by molar-refractivity contribution is -0.136. The maximum atomic E-state index is 10.5. The van der Waals surface area contributed by atoms with Crippen molar-refractivity contribution in [2.45, 2.75) is 5.38 Å². The summed E-state index contributed by atoms with van der Waals surface area (Å²) in [7, 11) is 0. The van der Waals surface area contributed by atoms with E-state index in [-0.39, 0.29) is 10.6 Å². The van der Waals surface area contributed by atoms with Gasteiger partial charge < -0.3 is 5.11 Å². The molecular weight excluding hydrogens is 225 g/mol. The van der Waals surface area contributed by atoms with Crippen LogP contribution in [0.2, 0.25) is 5.02 Å². The lowest BCUT2D eigenvalue weighted by Gasteiger charge is -2.05. The average Bonchev–Trinajstić information content (AvgIpc) is 2.17. The Morgan fingerprint density at radius 1 is 1.57 bits per heavy atom. The smallest absolute Gasteiger partial charge is 0.326 e. The summed E-state index contributed by atoms with van der Waals surface area (Å²) < 4.78 is 0. The van der Waals surface area contributed by atoms with Gasteiger partial charge in [-0.25, -0.2) is 0 Å². The number of carboxylic acid groups (broad SMARTS) is 1. The third kappa shape index (κ3) is 2.16. The third-order valence-electron chi connectivity index (χ3n) is 1.62. The van der Waals surface area contributed by atoms with Gasteiger partial charge in [0.05, 0.1) is 10.6 Å². The van der Waals surface area contributed by atoms with Gasteiger partial charge in [-0.2, -0.15) is 5.26 Å². The van der Waals surface area contributed by atoms with Crippen LogP contribution in [0, 0.1) is 11.3 Å². The number of rotatable bonds is 2. The molecule has 0 bridgehead atoms. The molecule has 14 heavy (non-hydrogen) atoms. The summed E-state index contributed by atoms with van der Waals surface area (Å²) in [5.41, 5.74) is 0.566. The first kappa shape index (κ1) is 10.8. The van der Waals surface area contributed by atoms with Gasteiger partial charge in [0, 0.05) is 0 Å². The Labute approximate surface area is 90.5 Å². The fourth-order valence-electron chi connectivity index (χ4n) is 0.929. The van der Waals surface area contributed by atoms with E-state index in [4.69, 9.17) is 33.6 Å². The Balaban J connectivity index is 3.14. The standard InChI is InChI=1S/C9H5Cl2NO2/c10-7-2-1-5(3-6(7)4-12)8(11)9(13)14/h1-3,8H,(H,13,14). The van der Waals surface area contributed by atoms with E-state index >= 15 is 0 Å². The second-order valence-corrected chi connectivity index (χ2v) is 3.40. The van der Waals surface area contributed by atoms with Gasteiger partial charge in [-0.3, -0.25) is 4.79 Å². The lowest BCUT2D eigenvalue weighted by atomic mass is 10.1. The molecule has 0 fully saturated rings. The molecule has 1 aromatic rings. The quantitative estimate of drug-likeness (QED) is 0.794. The van der Waals surface area contributed by atoms with Crippen molar-refractivity contribution in [2.24, 2.45) is 0 Å². The molecule has 72 valence electrons. The molecule has 1 unspecified atom stereocenters. The molecule has 0 amide bonds. The first-order chi connectivity index (χ1) is 6.56. The van der Waals surface area contributed by atoms with Crippen LogP contribution in [0.5, 0.6) is 0 Å². The highest BCUT2D eigenvalue weighted by Crippen LogP contribution is 2.25. The van der Waals surface area contributed by atoms with Crippen LogP contribution in [0.15, 0.2) is 18.2 Å². The first-order valence-electron chi connectivity index (χ1n) is 3.62. The van der Waals surface area contributed by atoms with Crippen molar-refractivity contribution in [2.75, 3.05) is 0 Å². The van der Waals surface area contributed by atoms with Crippen LogP contribution in [-0.4, -0.2) is 11.1 Å². The zero-order valence-electron chi connectivity index (χ0n) is 6.87. The largest absolute Gasteiger partial charge is 0.480 e. The fraction of sp³-hybridized carbons (Fsp3) is 0.111. The molecule has 0 aromatic heterocycles. The lowest BCUT2D eigenvalue weighted by Crippen LogP contribution is -2.04. The van der Waals surface area contributed by atoms with Gasteiger partial charge in [-0.05, 0) is 17.7 Å². The van der Waals surface area contributed by atoms with Gasteiger partial charge in [0.15, 0.2) is 5.38 Å². The van der Waals surface area contributed by atoms with Gasteiger partial charge in [-0.15, -0.1) is 11.6 Å². The molecule has 3 nitrogen and oxygen atoms in total. The van der Waals surface area contributed by atoms with Crippen LogP contribution in [0.25, 0.3) is 0 Å². The van der Waals surface area contributed by atoms with E-state index in [9.17, 15) is 4.79 Å². The second kappa shape index (κ2) is 4.32. The summed E-state index contributed by atoms with van der Waals surface area (Å²) in [6.45, 7) is 0. The van der Waals surface area contributed by atoms with Gasteiger partial charge in [0.2, 0.25) is 0 Å². The molecule has 0 spiro atoms. The van der Waals surface area contributed by atoms with Crippen molar-refractivity contribution in [3.63, 3.8) is 0 Å². The number of carbonyl (C=O) groups is 1. The predicted molar refractivity (Wildman–Crippen MR) is 52.4 cm³/mol. The Kier molecular flexibility index (Phi) is 3.34. The molecular formula is C9H5Cl2NO2. The molecule has 1 N–H and O–H groups in total. The Morgan fingerprint density at radius 2 is 2.21 bits per heavy atom. The first-order valence-corrected chi connectivity index (χ1v) is 4.44. The number of carboxylic acids is 1. The SMILES string of the molecule is N#Cc1cc(C(Cl)C(=O)O)ccc1Cl. The average molecular weight is 230 g/mol. The zero-order chi connectivity index (χ0) is 10.7. The summed E-state index contributed by atoms with van der Waals surface area (Å²) in [6.07, 6.45) is 0. The third-order valence-corrected chi connectivity index (χ3v) is 2.39. The second-order valence-electron chi connectivity index (χ2n) is 2.55. The van der Waals surface area contributed by atoms with E-state index in [2.05, 4.69) is 0 Å². The van der Waals surface area contributed by atoms with Crippen LogP contribution >= 0.6 is 23.2 Å². The number of halogens is 2. The van der Waals surface area contributed by atoms with Gasteiger partial charge in [0.25, 0.3) is 0 Å². The Morgan fingerprint density at radius 3 is 2.71 bits per heavy atom. The van der Waals surface area contributed by atoms with E-state index in [1.54, 1.807) is 0 Å². The van der Waals surface area contributed by atoms with Gasteiger partial charge in [0.1, 0.15) is 6.07 Å². The summed E-state index contributed by atoms with van der Waals surface area (Å²) >= 11 is 11.2. The maximum Gasteiger partial charge on any atom is 0.326 e. The predicted octanol–water partition coefficient (Wildman–Crippen LogP) is 2.58. The summed E-state index contributed by atoms with van der Waals surface area (Å²) in [4.78, 5) is 10.5. The molecule has 0 radical (unpaired) electrons. The fourth-order valence-corrected chi connectivity index (χ4v) is 1.22. The number of hydrogen-bond donors (Lipinski definition) is 1. The Bertz CT molecular complexity index is 412. The van der Waals surface area contributed by atoms with Crippen molar-refractivity contribution < 1.29 is 9.90 Å². The molecule has 1 aromatic carbocycles. The minimum atomic E-state index is -1.15. The van der Waals surface area contributed by atoms with E-state index in [0.717, 1.165) is 0 Å². The maximum absolute atomic E-state index is 10.5. The summed E-state index contributed by atoms with van der Waals surface area (Å²) in [5, 5.41) is 16.4. The van der Waals surface area contributed by atoms with Crippen LogP contribution in [-0.2, 0) is 4.79 Å². The van der Waals surface area contributed by atoms with Crippen molar-refractivity contribution in [1.82, 2.24) is 0 Å². The molecule has 0 aliphatic carbocycles. The molecule has 0 saturated carbocycles. The van der Waals surface area contributed by atoms with E-state index in [0.29, 0.717) is 5.56 Å². The van der Waals surface area contributed by atoms with Crippen LogP contribution in [0.3, 0.4) is 0 Å². The normalized spacial score (nSPS) is 11.8. The monoisotopic (exact) mass is 229 g/mol. The molecule has 0 saturated heterocycles. The number of hydrogen-bond acceptors (Lipinski definition) is 2. The van der Waals surface area contributed by atoms with E-state index in [1.807, 2.05) is 6.07 Å². The highest BCUT2D eigenvalue weighted by Gasteiger charge is 2.17. The van der Waals surface area contributed by atoms with Crippen LogP contribution in [0.1, 0.15) is 16.5 Å². The zero-order valence-corrected chi connectivity index (χ0v) is 8.38. The van der Waals surface area contributed by atoms with Crippen molar-refractivity contribution in [3.8, 4) is 6.07 Å². The minimum absolute atomic E-state index is 0.219. The topological polar surface area (TPSA) is 61.1 Å². The molecule has 0 heterocycles. The van der Waals surface area contributed by atoms with Gasteiger partial charge >= 0.3 is 5.97 Å². The van der Waals surface area contributed by atoms with E-state index in [1.165, 1.54) is 18.2 Å². The number of aliphatic carboxylic acids is 1. The van der Waals surface area contributed by atoms with Gasteiger partial charge in [-0.1, -0.05) is 17.7 Å². The van der Waals surface area contributed by atoms with Crippen molar-refractivity contribution >= 4 is 29.2 Å². The summed E-state index contributed by atoms with van der Waals surface area (Å²) in [5.74, 6) is -1.15. The summed E-state index contributed by atoms with van der Waals surface area (Å²) in [6, 6.07) is 6.15.